The Hall–Kier alpha value is -1.45. The van der Waals surface area contributed by atoms with Gasteiger partial charge in [0.05, 0.1) is 6.54 Å². The van der Waals surface area contributed by atoms with Crippen LogP contribution in [0.1, 0.15) is 10.4 Å². The predicted molar refractivity (Wildman–Crippen MR) is 62.4 cm³/mol. The molecule has 2 rings (SSSR count). The molecule has 0 saturated heterocycles. The Morgan fingerprint density at radius 2 is 2.07 bits per heavy atom. The van der Waals surface area contributed by atoms with Crippen molar-refractivity contribution in [2.75, 3.05) is 6.54 Å². The van der Waals surface area contributed by atoms with Crippen LogP contribution in [-0.2, 0) is 0 Å². The molecule has 0 aliphatic heterocycles. The third kappa shape index (κ3) is 2.32. The lowest BCUT2D eigenvalue weighted by Gasteiger charge is -2.00. The van der Waals surface area contributed by atoms with E-state index in [1.54, 1.807) is 18.5 Å². The summed E-state index contributed by atoms with van der Waals surface area (Å²) in [5.74, 6) is -0.0382. The Kier molecular flexibility index (Phi) is 3.77. The first-order valence-electron chi connectivity index (χ1n) is 4.38. The summed E-state index contributed by atoms with van der Waals surface area (Å²) in [6, 6.07) is 7.37. The van der Waals surface area contributed by atoms with Crippen molar-refractivity contribution in [1.82, 2.24) is 4.98 Å². The molecule has 0 unspecified atom stereocenters. The van der Waals surface area contributed by atoms with Crippen molar-refractivity contribution in [3.63, 3.8) is 0 Å². The SMILES string of the molecule is Cl.NCC(=O)c1ccc2cnccc2c1. The molecule has 0 amide bonds. The van der Waals surface area contributed by atoms with Crippen LogP contribution in [-0.4, -0.2) is 17.3 Å². The first-order chi connectivity index (χ1) is 6.81. The molecule has 0 saturated carbocycles. The van der Waals surface area contributed by atoms with Gasteiger partial charge in [-0.2, -0.15) is 0 Å². The van der Waals surface area contributed by atoms with E-state index in [1.807, 2.05) is 18.2 Å². The molecule has 2 aromatic rings. The van der Waals surface area contributed by atoms with Gasteiger partial charge >= 0.3 is 0 Å². The fraction of sp³-hybridized carbons (Fsp3) is 0.0909. The van der Waals surface area contributed by atoms with Crippen molar-refractivity contribution in [3.8, 4) is 0 Å². The van der Waals surface area contributed by atoms with Gasteiger partial charge in [-0.3, -0.25) is 9.78 Å². The zero-order chi connectivity index (χ0) is 9.97. The molecule has 0 spiro atoms. The second-order valence-corrected chi connectivity index (χ2v) is 3.06. The smallest absolute Gasteiger partial charge is 0.176 e. The highest BCUT2D eigenvalue weighted by Gasteiger charge is 2.03. The average molecular weight is 223 g/mol. The lowest BCUT2D eigenvalue weighted by Crippen LogP contribution is -2.13. The van der Waals surface area contributed by atoms with Crippen LogP contribution in [0.15, 0.2) is 36.7 Å². The van der Waals surface area contributed by atoms with E-state index in [2.05, 4.69) is 4.98 Å². The van der Waals surface area contributed by atoms with E-state index >= 15 is 0 Å². The van der Waals surface area contributed by atoms with E-state index in [0.717, 1.165) is 10.8 Å². The minimum Gasteiger partial charge on any atom is -0.324 e. The largest absolute Gasteiger partial charge is 0.324 e. The van der Waals surface area contributed by atoms with Gasteiger partial charge in [0, 0.05) is 23.3 Å². The molecular formula is C11H11ClN2O. The zero-order valence-corrected chi connectivity index (χ0v) is 8.83. The van der Waals surface area contributed by atoms with Crippen LogP contribution in [0.4, 0.5) is 0 Å². The monoisotopic (exact) mass is 222 g/mol. The molecule has 78 valence electrons. The van der Waals surface area contributed by atoms with Gasteiger partial charge in [-0.15, -0.1) is 12.4 Å². The maximum atomic E-state index is 11.3. The summed E-state index contributed by atoms with van der Waals surface area (Å²) in [7, 11) is 0. The first kappa shape index (κ1) is 11.6. The highest BCUT2D eigenvalue weighted by molar-refractivity contribution is 6.00. The van der Waals surface area contributed by atoms with Crippen LogP contribution < -0.4 is 5.73 Å². The topological polar surface area (TPSA) is 56.0 Å². The molecule has 0 aliphatic carbocycles. The number of carbonyl (C=O) groups excluding carboxylic acids is 1. The van der Waals surface area contributed by atoms with Crippen molar-refractivity contribution in [3.05, 3.63) is 42.2 Å². The predicted octanol–water partition coefficient (Wildman–Crippen LogP) is 1.80. The summed E-state index contributed by atoms with van der Waals surface area (Å²) >= 11 is 0. The van der Waals surface area contributed by atoms with E-state index in [-0.39, 0.29) is 24.7 Å². The van der Waals surface area contributed by atoms with Crippen molar-refractivity contribution < 1.29 is 4.79 Å². The fourth-order valence-corrected chi connectivity index (χ4v) is 1.37. The number of benzene rings is 1. The van der Waals surface area contributed by atoms with Gasteiger partial charge in [0.25, 0.3) is 0 Å². The normalized spacial score (nSPS) is 9.67. The number of pyridine rings is 1. The number of hydrogen-bond donors (Lipinski definition) is 1. The number of carbonyl (C=O) groups is 1. The highest BCUT2D eigenvalue weighted by Crippen LogP contribution is 2.14. The van der Waals surface area contributed by atoms with Gasteiger partial charge in [0.15, 0.2) is 5.78 Å². The zero-order valence-electron chi connectivity index (χ0n) is 8.01. The number of halogens is 1. The van der Waals surface area contributed by atoms with Gasteiger partial charge < -0.3 is 5.73 Å². The Balaban J connectivity index is 0.00000112. The maximum Gasteiger partial charge on any atom is 0.176 e. The molecule has 4 heteroatoms. The molecule has 0 fully saturated rings. The summed E-state index contributed by atoms with van der Waals surface area (Å²) in [6.07, 6.45) is 3.48. The lowest BCUT2D eigenvalue weighted by atomic mass is 10.1. The highest BCUT2D eigenvalue weighted by atomic mass is 35.5. The Labute approximate surface area is 93.7 Å². The molecule has 0 bridgehead atoms. The molecule has 1 heterocycles. The Morgan fingerprint density at radius 3 is 2.80 bits per heavy atom. The van der Waals surface area contributed by atoms with Gasteiger partial charge in [0.2, 0.25) is 0 Å². The summed E-state index contributed by atoms with van der Waals surface area (Å²) in [5.41, 5.74) is 5.94. The maximum absolute atomic E-state index is 11.3. The molecular weight excluding hydrogens is 212 g/mol. The third-order valence-corrected chi connectivity index (χ3v) is 2.15. The average Bonchev–Trinajstić information content (AvgIpc) is 2.27. The second-order valence-electron chi connectivity index (χ2n) is 3.06. The van der Waals surface area contributed by atoms with Gasteiger partial charge in [0.1, 0.15) is 0 Å². The Bertz CT molecular complexity index is 485. The second kappa shape index (κ2) is 4.87. The molecule has 2 N–H and O–H groups in total. The van der Waals surface area contributed by atoms with Crippen LogP contribution in [0.25, 0.3) is 10.8 Å². The van der Waals surface area contributed by atoms with Gasteiger partial charge in [-0.1, -0.05) is 12.1 Å². The van der Waals surface area contributed by atoms with Crippen molar-refractivity contribution in [1.29, 1.82) is 0 Å². The molecule has 1 aromatic carbocycles. The molecule has 3 nitrogen and oxygen atoms in total. The number of Topliss-reactive ketones (excluding diaryl/α,β-unsaturated/α-hetero) is 1. The number of hydrogen-bond acceptors (Lipinski definition) is 3. The summed E-state index contributed by atoms with van der Waals surface area (Å²) in [4.78, 5) is 15.3. The molecule has 0 aliphatic rings. The lowest BCUT2D eigenvalue weighted by molar-refractivity contribution is 0.100. The van der Waals surface area contributed by atoms with Crippen molar-refractivity contribution >= 4 is 29.0 Å². The summed E-state index contributed by atoms with van der Waals surface area (Å²) in [6.45, 7) is 0.0522. The number of aromatic nitrogens is 1. The van der Waals surface area contributed by atoms with Crippen LogP contribution in [0.5, 0.6) is 0 Å². The van der Waals surface area contributed by atoms with E-state index in [9.17, 15) is 4.79 Å². The number of ketones is 1. The van der Waals surface area contributed by atoms with Crippen LogP contribution in [0.3, 0.4) is 0 Å². The summed E-state index contributed by atoms with van der Waals surface area (Å²) in [5, 5.41) is 2.04. The van der Waals surface area contributed by atoms with Crippen molar-refractivity contribution in [2.45, 2.75) is 0 Å². The molecule has 15 heavy (non-hydrogen) atoms. The molecule has 0 atom stereocenters. The standard InChI is InChI=1S/C11H10N2O.ClH/c12-6-11(14)9-1-2-10-7-13-4-3-8(10)5-9;/h1-5,7H,6,12H2;1H. The number of fused-ring (bicyclic) bond motifs is 1. The number of nitrogens with zero attached hydrogens (tertiary/aromatic N) is 1. The van der Waals surface area contributed by atoms with Crippen LogP contribution >= 0.6 is 12.4 Å². The van der Waals surface area contributed by atoms with E-state index < -0.39 is 0 Å². The van der Waals surface area contributed by atoms with Crippen LogP contribution in [0.2, 0.25) is 0 Å². The molecule has 0 radical (unpaired) electrons. The minimum absolute atomic E-state index is 0. The van der Waals surface area contributed by atoms with Gasteiger partial charge in [-0.05, 0) is 17.5 Å². The van der Waals surface area contributed by atoms with E-state index in [4.69, 9.17) is 5.73 Å². The molecule has 1 aromatic heterocycles. The number of rotatable bonds is 2. The van der Waals surface area contributed by atoms with E-state index in [0.29, 0.717) is 5.56 Å². The van der Waals surface area contributed by atoms with Crippen molar-refractivity contribution in [2.24, 2.45) is 5.73 Å². The number of nitrogens with two attached hydrogens (primary N) is 1. The quantitative estimate of drug-likeness (QED) is 0.789. The Morgan fingerprint density at radius 1 is 1.27 bits per heavy atom. The fourth-order valence-electron chi connectivity index (χ4n) is 1.37. The van der Waals surface area contributed by atoms with Crippen LogP contribution in [0, 0.1) is 0 Å². The van der Waals surface area contributed by atoms with E-state index in [1.165, 1.54) is 0 Å². The summed E-state index contributed by atoms with van der Waals surface area (Å²) < 4.78 is 0. The van der Waals surface area contributed by atoms with Gasteiger partial charge in [-0.25, -0.2) is 0 Å². The minimum atomic E-state index is -0.0382. The first-order valence-corrected chi connectivity index (χ1v) is 4.38. The third-order valence-electron chi connectivity index (χ3n) is 2.15.